The third kappa shape index (κ3) is 2.36. The summed E-state index contributed by atoms with van der Waals surface area (Å²) in [5.41, 5.74) is 2.01. The molecule has 0 unspecified atom stereocenters. The molecule has 5 heteroatoms. The molecule has 0 aliphatic carbocycles. The molecule has 17 heavy (non-hydrogen) atoms. The van der Waals surface area contributed by atoms with E-state index in [1.807, 2.05) is 19.1 Å². The van der Waals surface area contributed by atoms with Crippen molar-refractivity contribution in [3.8, 4) is 11.3 Å². The maximum atomic E-state index is 10.9. The van der Waals surface area contributed by atoms with Crippen molar-refractivity contribution in [3.05, 3.63) is 35.0 Å². The van der Waals surface area contributed by atoms with Crippen molar-refractivity contribution < 1.29 is 4.79 Å². The van der Waals surface area contributed by atoms with Crippen molar-refractivity contribution in [3.63, 3.8) is 0 Å². The van der Waals surface area contributed by atoms with Crippen molar-refractivity contribution in [2.75, 3.05) is 0 Å². The Morgan fingerprint density at radius 3 is 2.65 bits per heavy atom. The molecule has 1 heterocycles. The van der Waals surface area contributed by atoms with E-state index in [-0.39, 0.29) is 0 Å². The smallest absolute Gasteiger partial charge is 0.172 e. The first-order valence-electron chi connectivity index (χ1n) is 5.41. The van der Waals surface area contributed by atoms with Gasteiger partial charge in [0.1, 0.15) is 0 Å². The molecule has 0 aliphatic rings. The second kappa shape index (κ2) is 5.10. The van der Waals surface area contributed by atoms with E-state index in [1.165, 1.54) is 0 Å². The average molecular weight is 250 g/mol. The monoisotopic (exact) mass is 249 g/mol. The lowest BCUT2D eigenvalue weighted by Crippen LogP contribution is -2.02. The number of halogens is 1. The van der Waals surface area contributed by atoms with E-state index >= 15 is 0 Å². The Hall–Kier alpha value is -1.68. The minimum atomic E-state index is 0.362. The number of aldehydes is 1. The van der Waals surface area contributed by atoms with Crippen molar-refractivity contribution in [1.82, 2.24) is 15.0 Å². The molecule has 0 radical (unpaired) electrons. The van der Waals surface area contributed by atoms with Gasteiger partial charge >= 0.3 is 0 Å². The van der Waals surface area contributed by atoms with Crippen LogP contribution in [0.4, 0.5) is 0 Å². The molecule has 0 bridgehead atoms. The van der Waals surface area contributed by atoms with Crippen molar-refractivity contribution in [2.24, 2.45) is 0 Å². The first-order valence-corrected chi connectivity index (χ1v) is 5.78. The Morgan fingerprint density at radius 2 is 2.06 bits per heavy atom. The third-order valence-corrected chi connectivity index (χ3v) is 2.68. The highest BCUT2D eigenvalue weighted by molar-refractivity contribution is 6.30. The number of aryl methyl sites for hydroxylation is 1. The predicted molar refractivity (Wildman–Crippen MR) is 66.1 cm³/mol. The molecule has 1 aromatic heterocycles. The SMILES string of the molecule is CCCn1nnc(C=O)c1-c1ccc(Cl)cc1. The molecule has 0 spiro atoms. The van der Waals surface area contributed by atoms with E-state index in [1.54, 1.807) is 16.8 Å². The summed E-state index contributed by atoms with van der Waals surface area (Å²) in [6, 6.07) is 7.30. The van der Waals surface area contributed by atoms with Crippen LogP contribution in [0.15, 0.2) is 24.3 Å². The van der Waals surface area contributed by atoms with Crippen LogP contribution < -0.4 is 0 Å². The molecule has 0 saturated heterocycles. The molecule has 0 aliphatic heterocycles. The fraction of sp³-hybridized carbons (Fsp3) is 0.250. The second-order valence-electron chi connectivity index (χ2n) is 3.67. The highest BCUT2D eigenvalue weighted by atomic mass is 35.5. The van der Waals surface area contributed by atoms with Gasteiger partial charge < -0.3 is 0 Å². The first kappa shape index (κ1) is 11.8. The van der Waals surface area contributed by atoms with Crippen LogP contribution in [-0.4, -0.2) is 21.3 Å². The van der Waals surface area contributed by atoms with Gasteiger partial charge in [-0.05, 0) is 18.6 Å². The molecule has 2 rings (SSSR count). The van der Waals surface area contributed by atoms with Crippen LogP contribution in [0, 0.1) is 0 Å². The minimum Gasteiger partial charge on any atom is -0.296 e. The number of hydrogen-bond donors (Lipinski definition) is 0. The number of aromatic nitrogens is 3. The van der Waals surface area contributed by atoms with Crippen molar-refractivity contribution >= 4 is 17.9 Å². The molecule has 4 nitrogen and oxygen atoms in total. The Balaban J connectivity index is 2.51. The van der Waals surface area contributed by atoms with Gasteiger partial charge in [0, 0.05) is 17.1 Å². The summed E-state index contributed by atoms with van der Waals surface area (Å²) in [7, 11) is 0. The largest absolute Gasteiger partial charge is 0.296 e. The number of nitrogens with zero attached hydrogens (tertiary/aromatic N) is 3. The zero-order valence-corrected chi connectivity index (χ0v) is 10.2. The predicted octanol–water partition coefficient (Wildman–Crippen LogP) is 2.82. The quantitative estimate of drug-likeness (QED) is 0.783. The zero-order valence-electron chi connectivity index (χ0n) is 9.43. The van der Waals surface area contributed by atoms with Gasteiger partial charge in [-0.3, -0.25) is 4.79 Å². The van der Waals surface area contributed by atoms with Crippen LogP contribution >= 0.6 is 11.6 Å². The molecule has 0 saturated carbocycles. The zero-order chi connectivity index (χ0) is 12.3. The number of benzene rings is 1. The number of rotatable bonds is 4. The maximum Gasteiger partial charge on any atom is 0.172 e. The maximum absolute atomic E-state index is 10.9. The van der Waals surface area contributed by atoms with Gasteiger partial charge in [-0.25, -0.2) is 4.68 Å². The van der Waals surface area contributed by atoms with E-state index in [0.29, 0.717) is 10.7 Å². The summed E-state index contributed by atoms with van der Waals surface area (Å²) in [4.78, 5) is 10.9. The van der Waals surface area contributed by atoms with E-state index in [0.717, 1.165) is 30.5 Å². The Kier molecular flexibility index (Phi) is 3.54. The van der Waals surface area contributed by atoms with E-state index in [2.05, 4.69) is 10.3 Å². The van der Waals surface area contributed by atoms with Gasteiger partial charge in [-0.2, -0.15) is 0 Å². The van der Waals surface area contributed by atoms with Gasteiger partial charge in [0.25, 0.3) is 0 Å². The molecule has 0 fully saturated rings. The second-order valence-corrected chi connectivity index (χ2v) is 4.11. The Bertz CT molecular complexity index is 519. The van der Waals surface area contributed by atoms with Crippen molar-refractivity contribution in [1.29, 1.82) is 0 Å². The molecule has 88 valence electrons. The summed E-state index contributed by atoms with van der Waals surface area (Å²) in [5.74, 6) is 0. The summed E-state index contributed by atoms with van der Waals surface area (Å²) in [6.07, 6.45) is 1.66. The standard InChI is InChI=1S/C12H12ClN3O/c1-2-7-16-12(11(8-17)14-15-16)9-3-5-10(13)6-4-9/h3-6,8H,2,7H2,1H3. The Labute approximate surface area is 104 Å². The van der Waals surface area contributed by atoms with Crippen LogP contribution in [0.5, 0.6) is 0 Å². The van der Waals surface area contributed by atoms with Crippen LogP contribution in [0.2, 0.25) is 5.02 Å². The summed E-state index contributed by atoms with van der Waals surface area (Å²) >= 11 is 5.84. The van der Waals surface area contributed by atoms with Gasteiger partial charge in [-0.15, -0.1) is 5.10 Å². The molecular weight excluding hydrogens is 238 g/mol. The van der Waals surface area contributed by atoms with Crippen LogP contribution in [0.25, 0.3) is 11.3 Å². The topological polar surface area (TPSA) is 47.8 Å². The molecule has 2 aromatic rings. The van der Waals surface area contributed by atoms with Crippen LogP contribution in [0.1, 0.15) is 23.8 Å². The van der Waals surface area contributed by atoms with Gasteiger partial charge in [-0.1, -0.05) is 35.9 Å². The van der Waals surface area contributed by atoms with Crippen LogP contribution in [-0.2, 0) is 6.54 Å². The van der Waals surface area contributed by atoms with Crippen LogP contribution in [0.3, 0.4) is 0 Å². The molecular formula is C12H12ClN3O. The molecule has 0 amide bonds. The number of carbonyl (C=O) groups is 1. The molecule has 0 N–H and O–H groups in total. The fourth-order valence-corrected chi connectivity index (χ4v) is 1.80. The summed E-state index contributed by atoms with van der Waals surface area (Å²) in [5, 5.41) is 8.50. The lowest BCUT2D eigenvalue weighted by atomic mass is 10.1. The highest BCUT2D eigenvalue weighted by Crippen LogP contribution is 2.23. The third-order valence-electron chi connectivity index (χ3n) is 2.43. The summed E-state index contributed by atoms with van der Waals surface area (Å²) in [6.45, 7) is 2.78. The summed E-state index contributed by atoms with van der Waals surface area (Å²) < 4.78 is 1.74. The number of hydrogen-bond acceptors (Lipinski definition) is 3. The van der Waals surface area contributed by atoms with Crippen molar-refractivity contribution in [2.45, 2.75) is 19.9 Å². The average Bonchev–Trinajstić information content (AvgIpc) is 2.74. The highest BCUT2D eigenvalue weighted by Gasteiger charge is 2.13. The van der Waals surface area contributed by atoms with Gasteiger partial charge in [0.15, 0.2) is 12.0 Å². The lowest BCUT2D eigenvalue weighted by Gasteiger charge is -2.05. The van der Waals surface area contributed by atoms with E-state index in [4.69, 9.17) is 11.6 Å². The molecule has 1 aromatic carbocycles. The Morgan fingerprint density at radius 1 is 1.35 bits per heavy atom. The first-order chi connectivity index (χ1) is 8.26. The van der Waals surface area contributed by atoms with E-state index in [9.17, 15) is 4.79 Å². The minimum absolute atomic E-state index is 0.362. The van der Waals surface area contributed by atoms with Gasteiger partial charge in [0.2, 0.25) is 0 Å². The lowest BCUT2D eigenvalue weighted by molar-refractivity contribution is 0.111. The molecule has 0 atom stereocenters. The number of carbonyl (C=O) groups excluding carboxylic acids is 1. The normalized spacial score (nSPS) is 10.5. The fourth-order valence-electron chi connectivity index (χ4n) is 1.68. The van der Waals surface area contributed by atoms with Gasteiger partial charge in [0.05, 0.1) is 5.69 Å². The van der Waals surface area contributed by atoms with E-state index < -0.39 is 0 Å².